The van der Waals surface area contributed by atoms with Crippen LogP contribution in [0.4, 0.5) is 4.79 Å². The van der Waals surface area contributed by atoms with E-state index in [9.17, 15) is 13.2 Å². The summed E-state index contributed by atoms with van der Waals surface area (Å²) in [6.45, 7) is 0.319. The molecule has 0 bridgehead atoms. The molecule has 0 atom stereocenters. The highest BCUT2D eigenvalue weighted by Gasteiger charge is 2.23. The fraction of sp³-hybridized carbons (Fsp3) is 0.667. The summed E-state index contributed by atoms with van der Waals surface area (Å²) in [4.78, 5) is 10.3. The fourth-order valence-corrected chi connectivity index (χ4v) is 0.970. The van der Waals surface area contributed by atoms with E-state index in [2.05, 4.69) is 4.74 Å². The summed E-state index contributed by atoms with van der Waals surface area (Å²) in [5.41, 5.74) is 0. The van der Waals surface area contributed by atoms with E-state index in [1.165, 1.54) is 0 Å². The van der Waals surface area contributed by atoms with Crippen molar-refractivity contribution in [1.29, 1.82) is 0 Å². The van der Waals surface area contributed by atoms with Crippen LogP contribution in [0.2, 0.25) is 0 Å². The molecule has 6 heteroatoms. The second kappa shape index (κ2) is 2.22. The Kier molecular flexibility index (Phi) is 1.56. The second-order valence-electron chi connectivity index (χ2n) is 1.48. The van der Waals surface area contributed by atoms with Crippen molar-refractivity contribution in [3.05, 3.63) is 0 Å². The normalized spacial score (nSPS) is 18.8. The van der Waals surface area contributed by atoms with Gasteiger partial charge in [-0.3, -0.25) is 0 Å². The van der Waals surface area contributed by atoms with Gasteiger partial charge in [-0.2, -0.15) is 0 Å². The van der Waals surface area contributed by atoms with Crippen molar-refractivity contribution in [3.8, 4) is 0 Å². The Morgan fingerprint density at radius 1 is 1.56 bits per heavy atom. The maximum atomic E-state index is 10.3. The van der Waals surface area contributed by atoms with Crippen LogP contribution >= 0.6 is 0 Å². The van der Waals surface area contributed by atoms with Crippen LogP contribution in [-0.2, 0) is 15.6 Å². The highest BCUT2D eigenvalue weighted by Crippen LogP contribution is 2.01. The average molecular weight is 151 g/mol. The summed E-state index contributed by atoms with van der Waals surface area (Å²) in [5, 5.41) is 0. The van der Waals surface area contributed by atoms with Gasteiger partial charge in [0, 0.05) is 0 Å². The zero-order chi connectivity index (χ0) is 6.85. The fourth-order valence-electron chi connectivity index (χ4n) is 0.534. The average Bonchev–Trinajstić information content (AvgIpc) is 2.13. The maximum Gasteiger partial charge on any atom is 0.423 e. The van der Waals surface area contributed by atoms with Crippen molar-refractivity contribution in [2.24, 2.45) is 0 Å². The third-order valence-electron chi connectivity index (χ3n) is 0.936. The van der Waals surface area contributed by atoms with E-state index >= 15 is 0 Å². The van der Waals surface area contributed by atoms with Gasteiger partial charge in [0.1, 0.15) is 6.61 Å². The Bertz CT molecular complexity index is 190. The van der Waals surface area contributed by atoms with Crippen LogP contribution in [0.1, 0.15) is 0 Å². The highest BCUT2D eigenvalue weighted by molar-refractivity contribution is 7.70. The second-order valence-corrected chi connectivity index (χ2v) is 2.43. The Hall–Kier alpha value is -0.780. The van der Waals surface area contributed by atoms with E-state index in [0.717, 1.165) is 0 Å². The molecule has 52 valence electrons. The molecule has 1 saturated heterocycles. The Labute approximate surface area is 53.3 Å². The number of nitrogens with zero attached hydrogens (tertiary/aromatic N) is 1. The molecule has 1 fully saturated rings. The molecule has 1 aliphatic rings. The number of ether oxygens (including phenoxy) is 1. The molecule has 0 aromatic heterocycles. The molecule has 0 N–H and O–H groups in total. The van der Waals surface area contributed by atoms with Crippen molar-refractivity contribution >= 4 is 17.0 Å². The molecule has 9 heavy (non-hydrogen) atoms. The number of rotatable bonds is 1. The van der Waals surface area contributed by atoms with E-state index in [4.69, 9.17) is 0 Å². The highest BCUT2D eigenvalue weighted by atomic mass is 32.2. The largest absolute Gasteiger partial charge is 0.447 e. The predicted octanol–water partition coefficient (Wildman–Crippen LogP) is -1.03. The molecule has 0 unspecified atom stereocenters. The number of carbonyl (C=O) groups excluding carboxylic acids is 1. The summed E-state index contributed by atoms with van der Waals surface area (Å²) in [6, 6.07) is 0. The summed E-state index contributed by atoms with van der Waals surface area (Å²) < 4.78 is 25.1. The molecule has 1 heterocycles. The predicted molar refractivity (Wildman–Crippen MR) is 28.4 cm³/mol. The Morgan fingerprint density at radius 3 is 2.44 bits per heavy atom. The zero-order valence-corrected chi connectivity index (χ0v) is 5.34. The smallest absolute Gasteiger partial charge is 0.423 e. The lowest BCUT2D eigenvalue weighted by atomic mass is 10.7. The van der Waals surface area contributed by atoms with Crippen molar-refractivity contribution < 1.29 is 17.9 Å². The lowest BCUT2D eigenvalue weighted by Gasteiger charge is -1.98. The first-order valence-corrected chi connectivity index (χ1v) is 3.43. The van der Waals surface area contributed by atoms with Crippen LogP contribution < -0.4 is 0 Å². The maximum absolute atomic E-state index is 10.3. The van der Waals surface area contributed by atoms with Gasteiger partial charge in [-0.05, 0) is 0 Å². The molecular formula is C3H5NO4S. The van der Waals surface area contributed by atoms with Crippen LogP contribution in [0.5, 0.6) is 0 Å². The van der Waals surface area contributed by atoms with Gasteiger partial charge in [-0.15, -0.1) is 0 Å². The number of amides is 1. The third-order valence-corrected chi connectivity index (χ3v) is 1.69. The minimum atomic E-state index is -2.78. The first-order chi connectivity index (χ1) is 4.22. The molecule has 1 amide bonds. The number of cyclic esters (lactones) is 1. The molecule has 0 saturated carbocycles. The molecule has 0 aromatic rings. The first-order valence-electron chi connectivity index (χ1n) is 2.30. The van der Waals surface area contributed by atoms with Crippen LogP contribution in [0.15, 0.2) is 0 Å². The minimum absolute atomic E-state index is 0.150. The molecule has 0 radical (unpaired) electrons. The summed E-state index contributed by atoms with van der Waals surface area (Å²) >= 11 is 0. The lowest BCUT2D eigenvalue weighted by molar-refractivity contribution is 0.170. The minimum Gasteiger partial charge on any atom is -0.447 e. The van der Waals surface area contributed by atoms with Gasteiger partial charge in [0.2, 0.25) is 10.9 Å². The lowest BCUT2D eigenvalue weighted by Crippen LogP contribution is -2.21. The number of thiol groups is 1. The van der Waals surface area contributed by atoms with E-state index in [-0.39, 0.29) is 13.2 Å². The van der Waals surface area contributed by atoms with Crippen molar-refractivity contribution in [1.82, 2.24) is 4.31 Å². The van der Waals surface area contributed by atoms with E-state index < -0.39 is 17.0 Å². The van der Waals surface area contributed by atoms with Gasteiger partial charge < -0.3 is 4.74 Å². The number of hydrogen-bond acceptors (Lipinski definition) is 4. The molecular weight excluding hydrogens is 146 g/mol. The number of carbonyl (C=O) groups is 1. The van der Waals surface area contributed by atoms with Gasteiger partial charge in [-0.25, -0.2) is 17.5 Å². The van der Waals surface area contributed by atoms with Gasteiger partial charge in [0.25, 0.3) is 0 Å². The van der Waals surface area contributed by atoms with Crippen LogP contribution in [0, 0.1) is 0 Å². The Balaban J connectivity index is 2.71. The van der Waals surface area contributed by atoms with Crippen LogP contribution in [0.3, 0.4) is 0 Å². The van der Waals surface area contributed by atoms with E-state index in [1.807, 2.05) is 0 Å². The molecule has 1 aliphatic heterocycles. The standard InChI is InChI=1S/C3H5NO4S/c5-3-4(9(6)7)1-2-8-3/h9H,1-2H2. The van der Waals surface area contributed by atoms with Gasteiger partial charge in [0.05, 0.1) is 6.54 Å². The molecule has 5 nitrogen and oxygen atoms in total. The quantitative estimate of drug-likeness (QED) is 0.486. The van der Waals surface area contributed by atoms with Crippen molar-refractivity contribution in [3.63, 3.8) is 0 Å². The summed E-state index contributed by atoms with van der Waals surface area (Å²) in [5.74, 6) is 0. The van der Waals surface area contributed by atoms with Crippen LogP contribution in [0.25, 0.3) is 0 Å². The molecule has 1 rings (SSSR count). The molecule has 0 spiro atoms. The SMILES string of the molecule is O=C1OCCN1[SH](=O)=O. The monoisotopic (exact) mass is 151 g/mol. The summed E-state index contributed by atoms with van der Waals surface area (Å²) in [7, 11) is -2.78. The molecule has 0 aliphatic carbocycles. The van der Waals surface area contributed by atoms with Gasteiger partial charge in [0.15, 0.2) is 0 Å². The molecule has 0 aromatic carbocycles. The van der Waals surface area contributed by atoms with Crippen molar-refractivity contribution in [2.45, 2.75) is 0 Å². The van der Waals surface area contributed by atoms with Gasteiger partial charge in [-0.1, -0.05) is 0 Å². The van der Waals surface area contributed by atoms with Crippen molar-refractivity contribution in [2.75, 3.05) is 13.2 Å². The zero-order valence-electron chi connectivity index (χ0n) is 4.44. The van der Waals surface area contributed by atoms with E-state index in [1.54, 1.807) is 0 Å². The first kappa shape index (κ1) is 6.34. The third kappa shape index (κ3) is 1.13. The van der Waals surface area contributed by atoms with Crippen LogP contribution in [-0.4, -0.2) is 32.0 Å². The van der Waals surface area contributed by atoms with Gasteiger partial charge >= 0.3 is 6.09 Å². The number of hydrogen-bond donors (Lipinski definition) is 1. The van der Waals surface area contributed by atoms with E-state index in [0.29, 0.717) is 4.31 Å². The summed E-state index contributed by atoms with van der Waals surface area (Å²) in [6.07, 6.45) is -0.772. The topological polar surface area (TPSA) is 63.7 Å². The Morgan fingerprint density at radius 2 is 2.22 bits per heavy atom.